The second-order valence-electron chi connectivity index (χ2n) is 6.31. The Kier molecular flexibility index (Phi) is 3.56. The largest absolute Gasteiger partial charge is 0.340 e. The number of amides is 2. The van der Waals surface area contributed by atoms with Gasteiger partial charge in [-0.25, -0.2) is 0 Å². The minimum atomic E-state index is -0.622. The molecule has 1 spiro atoms. The fourth-order valence-corrected chi connectivity index (χ4v) is 4.74. The molecule has 4 nitrogen and oxygen atoms in total. The van der Waals surface area contributed by atoms with E-state index in [4.69, 9.17) is 0 Å². The summed E-state index contributed by atoms with van der Waals surface area (Å²) in [5.74, 6) is 0.0864. The van der Waals surface area contributed by atoms with E-state index in [2.05, 4.69) is 25.2 Å². The van der Waals surface area contributed by atoms with E-state index >= 15 is 0 Å². The Hall–Kier alpha value is -1.36. The minimum absolute atomic E-state index is 0.0204. The monoisotopic (exact) mass is 306 g/mol. The SMILES string of the molecule is Cc1cc(C(C)N2CC(=O)NC3(CCCC3)C2=O)c(C)s1. The highest BCUT2D eigenvalue weighted by molar-refractivity contribution is 7.12. The Labute approximate surface area is 129 Å². The molecular weight excluding hydrogens is 284 g/mol. The van der Waals surface area contributed by atoms with E-state index in [-0.39, 0.29) is 24.4 Å². The lowest BCUT2D eigenvalue weighted by molar-refractivity contribution is -0.152. The number of aryl methyl sites for hydroxylation is 2. The van der Waals surface area contributed by atoms with E-state index in [9.17, 15) is 9.59 Å². The van der Waals surface area contributed by atoms with Crippen molar-refractivity contribution in [1.29, 1.82) is 0 Å². The Morgan fingerprint density at radius 2 is 1.95 bits per heavy atom. The Bertz CT molecular complexity index is 587. The molecule has 1 saturated heterocycles. The molecule has 1 aliphatic carbocycles. The predicted molar refractivity (Wildman–Crippen MR) is 83.3 cm³/mol. The molecule has 0 radical (unpaired) electrons. The number of rotatable bonds is 2. The first kappa shape index (κ1) is 14.6. The smallest absolute Gasteiger partial charge is 0.249 e. The molecule has 1 aliphatic heterocycles. The zero-order chi connectivity index (χ0) is 15.2. The normalized spacial score (nSPS) is 22.7. The maximum absolute atomic E-state index is 12.9. The summed E-state index contributed by atoms with van der Waals surface area (Å²) in [5.41, 5.74) is 0.552. The van der Waals surface area contributed by atoms with E-state index in [1.54, 1.807) is 16.2 Å². The van der Waals surface area contributed by atoms with Gasteiger partial charge in [-0.1, -0.05) is 12.8 Å². The van der Waals surface area contributed by atoms with Crippen molar-refractivity contribution in [2.45, 2.75) is 58.0 Å². The van der Waals surface area contributed by atoms with Gasteiger partial charge in [-0.3, -0.25) is 9.59 Å². The minimum Gasteiger partial charge on any atom is -0.340 e. The van der Waals surface area contributed by atoms with E-state index in [0.29, 0.717) is 0 Å². The van der Waals surface area contributed by atoms with Crippen LogP contribution >= 0.6 is 11.3 Å². The molecule has 5 heteroatoms. The molecule has 0 aromatic carbocycles. The number of hydrogen-bond acceptors (Lipinski definition) is 3. The Morgan fingerprint density at radius 3 is 2.52 bits per heavy atom. The number of carbonyl (C=O) groups is 2. The van der Waals surface area contributed by atoms with Crippen LogP contribution in [-0.2, 0) is 9.59 Å². The highest BCUT2D eigenvalue weighted by Crippen LogP contribution is 2.37. The van der Waals surface area contributed by atoms with Crippen molar-refractivity contribution in [2.24, 2.45) is 0 Å². The van der Waals surface area contributed by atoms with Crippen molar-refractivity contribution in [3.63, 3.8) is 0 Å². The van der Waals surface area contributed by atoms with Gasteiger partial charge in [0, 0.05) is 9.75 Å². The van der Waals surface area contributed by atoms with Gasteiger partial charge in [0.2, 0.25) is 11.8 Å². The second kappa shape index (κ2) is 5.13. The number of nitrogens with zero attached hydrogens (tertiary/aromatic N) is 1. The molecule has 1 atom stereocenters. The van der Waals surface area contributed by atoms with Crippen LogP contribution < -0.4 is 5.32 Å². The summed E-state index contributed by atoms with van der Waals surface area (Å²) in [7, 11) is 0. The maximum Gasteiger partial charge on any atom is 0.249 e. The molecular formula is C16H22N2O2S. The molecule has 2 fully saturated rings. The summed E-state index contributed by atoms with van der Waals surface area (Å²) in [6.45, 7) is 6.38. The van der Waals surface area contributed by atoms with E-state index in [1.165, 1.54) is 15.3 Å². The van der Waals surface area contributed by atoms with Crippen LogP contribution in [-0.4, -0.2) is 28.8 Å². The van der Waals surface area contributed by atoms with E-state index in [0.717, 1.165) is 25.7 Å². The molecule has 1 N–H and O–H groups in total. The fraction of sp³-hybridized carbons (Fsp3) is 0.625. The van der Waals surface area contributed by atoms with Crippen molar-refractivity contribution in [3.8, 4) is 0 Å². The van der Waals surface area contributed by atoms with Gasteiger partial charge in [0.25, 0.3) is 0 Å². The molecule has 3 rings (SSSR count). The molecule has 1 aromatic heterocycles. The Morgan fingerprint density at radius 1 is 1.29 bits per heavy atom. The number of thiophene rings is 1. The van der Waals surface area contributed by atoms with Crippen LogP contribution in [0.2, 0.25) is 0 Å². The van der Waals surface area contributed by atoms with Crippen LogP contribution in [0.5, 0.6) is 0 Å². The van der Waals surface area contributed by atoms with E-state index < -0.39 is 5.54 Å². The first-order valence-electron chi connectivity index (χ1n) is 7.62. The van der Waals surface area contributed by atoms with Gasteiger partial charge in [-0.05, 0) is 45.2 Å². The van der Waals surface area contributed by atoms with Gasteiger partial charge in [0.1, 0.15) is 12.1 Å². The van der Waals surface area contributed by atoms with Crippen molar-refractivity contribution in [2.75, 3.05) is 6.54 Å². The first-order valence-corrected chi connectivity index (χ1v) is 8.44. The van der Waals surface area contributed by atoms with Crippen LogP contribution in [0.15, 0.2) is 6.07 Å². The standard InChI is InChI=1S/C16H22N2O2S/c1-10-8-13(12(3)21-10)11(2)18-9-14(19)17-16(15(18)20)6-4-5-7-16/h8,11H,4-7,9H2,1-3H3,(H,17,19). The lowest BCUT2D eigenvalue weighted by Crippen LogP contribution is -2.65. The molecule has 2 amide bonds. The third-order valence-corrected chi connectivity index (χ3v) is 5.80. The zero-order valence-electron chi connectivity index (χ0n) is 12.9. The van der Waals surface area contributed by atoms with Gasteiger partial charge in [-0.2, -0.15) is 0 Å². The van der Waals surface area contributed by atoms with Crippen LogP contribution in [0.4, 0.5) is 0 Å². The zero-order valence-corrected chi connectivity index (χ0v) is 13.7. The summed E-state index contributed by atoms with van der Waals surface area (Å²) in [6, 6.07) is 2.11. The molecule has 0 bridgehead atoms. The molecule has 21 heavy (non-hydrogen) atoms. The van der Waals surface area contributed by atoms with Crippen LogP contribution in [0.1, 0.15) is 54.0 Å². The summed E-state index contributed by atoms with van der Waals surface area (Å²) >= 11 is 1.75. The average Bonchev–Trinajstić information content (AvgIpc) is 3.01. The molecule has 114 valence electrons. The van der Waals surface area contributed by atoms with Gasteiger partial charge in [-0.15, -0.1) is 11.3 Å². The summed E-state index contributed by atoms with van der Waals surface area (Å²) in [6.07, 6.45) is 3.60. The lowest BCUT2D eigenvalue weighted by atomic mass is 9.91. The van der Waals surface area contributed by atoms with Crippen molar-refractivity contribution < 1.29 is 9.59 Å². The van der Waals surface area contributed by atoms with Gasteiger partial charge >= 0.3 is 0 Å². The average molecular weight is 306 g/mol. The predicted octanol–water partition coefficient (Wildman–Crippen LogP) is 2.70. The van der Waals surface area contributed by atoms with Crippen LogP contribution in [0.3, 0.4) is 0 Å². The molecule has 2 heterocycles. The molecule has 2 aliphatic rings. The third-order valence-electron chi connectivity index (χ3n) is 4.82. The number of nitrogens with one attached hydrogen (secondary N) is 1. The number of carbonyl (C=O) groups excluding carboxylic acids is 2. The van der Waals surface area contributed by atoms with Crippen LogP contribution in [0.25, 0.3) is 0 Å². The Balaban J connectivity index is 1.91. The number of piperazine rings is 1. The number of hydrogen-bond donors (Lipinski definition) is 1. The maximum atomic E-state index is 12.9. The quantitative estimate of drug-likeness (QED) is 0.913. The third kappa shape index (κ3) is 2.37. The van der Waals surface area contributed by atoms with Gasteiger partial charge in [0.05, 0.1) is 6.04 Å². The highest BCUT2D eigenvalue weighted by Gasteiger charge is 2.49. The van der Waals surface area contributed by atoms with Gasteiger partial charge in [0.15, 0.2) is 0 Å². The molecule has 1 unspecified atom stereocenters. The highest BCUT2D eigenvalue weighted by atomic mass is 32.1. The summed E-state index contributed by atoms with van der Waals surface area (Å²) < 4.78 is 0. The van der Waals surface area contributed by atoms with Crippen molar-refractivity contribution in [1.82, 2.24) is 10.2 Å². The van der Waals surface area contributed by atoms with Crippen molar-refractivity contribution >= 4 is 23.2 Å². The van der Waals surface area contributed by atoms with Crippen LogP contribution in [0, 0.1) is 13.8 Å². The topological polar surface area (TPSA) is 49.4 Å². The lowest BCUT2D eigenvalue weighted by Gasteiger charge is -2.42. The summed E-state index contributed by atoms with van der Waals surface area (Å²) in [4.78, 5) is 29.3. The molecule has 1 aromatic rings. The van der Waals surface area contributed by atoms with E-state index in [1.807, 2.05) is 6.92 Å². The first-order chi connectivity index (χ1) is 9.93. The fourth-order valence-electron chi connectivity index (χ4n) is 3.72. The summed E-state index contributed by atoms with van der Waals surface area (Å²) in [5, 5.41) is 2.97. The van der Waals surface area contributed by atoms with Gasteiger partial charge < -0.3 is 10.2 Å². The second-order valence-corrected chi connectivity index (χ2v) is 7.78. The molecule has 1 saturated carbocycles. The van der Waals surface area contributed by atoms with Crippen molar-refractivity contribution in [3.05, 3.63) is 21.4 Å².